The van der Waals surface area contributed by atoms with Gasteiger partial charge in [0, 0.05) is 13.1 Å². The molecule has 0 bridgehead atoms. The van der Waals surface area contributed by atoms with Crippen molar-refractivity contribution in [2.24, 2.45) is 0 Å². The first kappa shape index (κ1) is 11.4. The predicted octanol–water partition coefficient (Wildman–Crippen LogP) is 0.909. The van der Waals surface area contributed by atoms with Crippen LogP contribution in [0.1, 0.15) is 24.3 Å². The number of aromatic nitrogens is 3. The van der Waals surface area contributed by atoms with E-state index in [1.807, 2.05) is 19.9 Å². The van der Waals surface area contributed by atoms with Crippen molar-refractivity contribution in [3.05, 3.63) is 24.2 Å². The van der Waals surface area contributed by atoms with E-state index < -0.39 is 0 Å². The molecule has 0 aliphatic rings. The number of fused-ring (bicyclic) bond motifs is 1. The van der Waals surface area contributed by atoms with E-state index in [0.717, 1.165) is 5.69 Å². The molecule has 2 heterocycles. The topological polar surface area (TPSA) is 71.3 Å². The Morgan fingerprint density at radius 1 is 1.47 bits per heavy atom. The third-order valence-electron chi connectivity index (χ3n) is 2.32. The molecule has 0 saturated carbocycles. The summed E-state index contributed by atoms with van der Waals surface area (Å²) in [5.41, 5.74) is 1.92. The van der Waals surface area contributed by atoms with Crippen LogP contribution in [0, 0.1) is 0 Å². The van der Waals surface area contributed by atoms with Gasteiger partial charge in [-0.2, -0.15) is 5.10 Å². The van der Waals surface area contributed by atoms with Gasteiger partial charge >= 0.3 is 0 Å². The van der Waals surface area contributed by atoms with Gasteiger partial charge in [-0.15, -0.1) is 0 Å². The van der Waals surface area contributed by atoms with Crippen molar-refractivity contribution in [3.63, 3.8) is 0 Å². The number of anilines is 1. The van der Waals surface area contributed by atoms with Crippen molar-refractivity contribution in [2.75, 3.05) is 12.4 Å². The number of rotatable bonds is 3. The summed E-state index contributed by atoms with van der Waals surface area (Å²) in [6.45, 7) is 3.82. The van der Waals surface area contributed by atoms with Crippen LogP contribution in [0.25, 0.3) is 5.65 Å². The van der Waals surface area contributed by atoms with Crippen LogP contribution in [0.3, 0.4) is 0 Å². The minimum Gasteiger partial charge on any atom is -0.385 e. The first-order valence-corrected chi connectivity index (χ1v) is 5.45. The molecule has 2 aromatic heterocycles. The predicted molar refractivity (Wildman–Crippen MR) is 65.1 cm³/mol. The lowest BCUT2D eigenvalue weighted by Gasteiger charge is -2.07. The van der Waals surface area contributed by atoms with Crippen molar-refractivity contribution in [3.8, 4) is 0 Å². The van der Waals surface area contributed by atoms with Crippen LogP contribution in [0.5, 0.6) is 0 Å². The highest BCUT2D eigenvalue weighted by atomic mass is 16.2. The molecule has 2 N–H and O–H groups in total. The second-order valence-corrected chi connectivity index (χ2v) is 4.00. The van der Waals surface area contributed by atoms with Gasteiger partial charge in [-0.05, 0) is 19.9 Å². The molecule has 0 unspecified atom stereocenters. The van der Waals surface area contributed by atoms with E-state index in [9.17, 15) is 4.79 Å². The Kier molecular flexibility index (Phi) is 2.95. The number of nitrogens with one attached hydrogen (secondary N) is 2. The maximum Gasteiger partial charge on any atom is 0.271 e. The number of nitrogens with zero attached hydrogens (tertiary/aromatic N) is 3. The van der Waals surface area contributed by atoms with Gasteiger partial charge in [-0.3, -0.25) is 4.79 Å². The fourth-order valence-corrected chi connectivity index (χ4v) is 1.58. The van der Waals surface area contributed by atoms with Gasteiger partial charge in [0.25, 0.3) is 5.91 Å². The molecule has 0 aromatic carbocycles. The van der Waals surface area contributed by atoms with Gasteiger partial charge in [-0.25, -0.2) is 9.50 Å². The van der Waals surface area contributed by atoms with Gasteiger partial charge < -0.3 is 10.6 Å². The van der Waals surface area contributed by atoms with Crippen molar-refractivity contribution in [1.29, 1.82) is 0 Å². The van der Waals surface area contributed by atoms with Crippen molar-refractivity contribution >= 4 is 17.2 Å². The Morgan fingerprint density at radius 3 is 2.88 bits per heavy atom. The highest BCUT2D eigenvalue weighted by Crippen LogP contribution is 2.14. The highest BCUT2D eigenvalue weighted by Gasteiger charge is 2.15. The lowest BCUT2D eigenvalue weighted by molar-refractivity contribution is 0.0936. The molecule has 0 aliphatic carbocycles. The van der Waals surface area contributed by atoms with Crippen LogP contribution in [-0.4, -0.2) is 33.6 Å². The number of imidazole rings is 1. The van der Waals surface area contributed by atoms with E-state index in [2.05, 4.69) is 20.7 Å². The monoisotopic (exact) mass is 233 g/mol. The van der Waals surface area contributed by atoms with Crippen molar-refractivity contribution in [1.82, 2.24) is 19.9 Å². The van der Waals surface area contributed by atoms with Crippen LogP contribution in [0.15, 0.2) is 18.5 Å². The quantitative estimate of drug-likeness (QED) is 0.826. The molecule has 17 heavy (non-hydrogen) atoms. The molecule has 6 heteroatoms. The van der Waals surface area contributed by atoms with Crippen LogP contribution in [0.2, 0.25) is 0 Å². The highest BCUT2D eigenvalue weighted by molar-refractivity contribution is 5.93. The Balaban J connectivity index is 2.46. The fourth-order valence-electron chi connectivity index (χ4n) is 1.58. The summed E-state index contributed by atoms with van der Waals surface area (Å²) in [5.74, 6) is -0.173. The molecule has 0 atom stereocenters. The standard InChI is InChI=1S/C11H15N5O/c1-7(2)15-11(17)9-6-13-10-8(12-3)4-5-14-16(9)10/h4-7,12H,1-3H3,(H,15,17). The Bertz CT molecular complexity index is 546. The molecule has 2 aromatic rings. The largest absolute Gasteiger partial charge is 0.385 e. The number of hydrogen-bond donors (Lipinski definition) is 2. The second kappa shape index (κ2) is 4.40. The average Bonchev–Trinajstić information content (AvgIpc) is 2.71. The lowest BCUT2D eigenvalue weighted by Crippen LogP contribution is -2.31. The maximum atomic E-state index is 11.9. The summed E-state index contributed by atoms with van der Waals surface area (Å²) in [6, 6.07) is 1.90. The fraction of sp³-hybridized carbons (Fsp3) is 0.364. The molecule has 90 valence electrons. The van der Waals surface area contributed by atoms with Crippen LogP contribution >= 0.6 is 0 Å². The van der Waals surface area contributed by atoms with E-state index in [1.165, 1.54) is 10.7 Å². The summed E-state index contributed by atoms with van der Waals surface area (Å²) in [7, 11) is 1.80. The molecular formula is C11H15N5O. The molecule has 0 radical (unpaired) electrons. The van der Waals surface area contributed by atoms with E-state index in [0.29, 0.717) is 11.3 Å². The second-order valence-electron chi connectivity index (χ2n) is 4.00. The summed E-state index contributed by atoms with van der Waals surface area (Å²) >= 11 is 0. The van der Waals surface area contributed by atoms with Crippen molar-refractivity contribution < 1.29 is 4.79 Å². The molecule has 0 spiro atoms. The van der Waals surface area contributed by atoms with Gasteiger partial charge in [0.1, 0.15) is 0 Å². The van der Waals surface area contributed by atoms with Crippen LogP contribution < -0.4 is 10.6 Å². The number of amides is 1. The van der Waals surface area contributed by atoms with E-state index in [1.54, 1.807) is 13.2 Å². The normalized spacial score (nSPS) is 10.8. The first-order chi connectivity index (χ1) is 8.13. The zero-order chi connectivity index (χ0) is 12.4. The number of hydrogen-bond acceptors (Lipinski definition) is 4. The first-order valence-electron chi connectivity index (χ1n) is 5.45. The van der Waals surface area contributed by atoms with E-state index in [-0.39, 0.29) is 11.9 Å². The van der Waals surface area contributed by atoms with E-state index in [4.69, 9.17) is 0 Å². The zero-order valence-electron chi connectivity index (χ0n) is 10.1. The van der Waals surface area contributed by atoms with Crippen LogP contribution in [-0.2, 0) is 0 Å². The van der Waals surface area contributed by atoms with Crippen LogP contribution in [0.4, 0.5) is 5.69 Å². The Labute approximate surface area is 99.0 Å². The Morgan fingerprint density at radius 2 is 2.24 bits per heavy atom. The minimum atomic E-state index is -0.173. The summed E-state index contributed by atoms with van der Waals surface area (Å²) in [5, 5.41) is 9.95. The molecule has 0 fully saturated rings. The average molecular weight is 233 g/mol. The maximum absolute atomic E-state index is 11.9. The lowest BCUT2D eigenvalue weighted by atomic mass is 10.3. The SMILES string of the molecule is CNc1ccnn2c(C(=O)NC(C)C)cnc12. The summed E-state index contributed by atoms with van der Waals surface area (Å²) in [4.78, 5) is 16.1. The van der Waals surface area contributed by atoms with Gasteiger partial charge in [-0.1, -0.05) is 0 Å². The molecular weight excluding hydrogens is 218 g/mol. The molecule has 2 rings (SSSR count). The number of carbonyl (C=O) groups is 1. The zero-order valence-corrected chi connectivity index (χ0v) is 10.1. The third kappa shape index (κ3) is 2.06. The summed E-state index contributed by atoms with van der Waals surface area (Å²) in [6.07, 6.45) is 3.16. The van der Waals surface area contributed by atoms with Gasteiger partial charge in [0.15, 0.2) is 11.3 Å². The molecule has 1 amide bonds. The summed E-state index contributed by atoms with van der Waals surface area (Å²) < 4.78 is 1.53. The van der Waals surface area contributed by atoms with Gasteiger partial charge in [0.2, 0.25) is 0 Å². The molecule has 6 nitrogen and oxygen atoms in total. The minimum absolute atomic E-state index is 0.0838. The molecule has 0 aliphatic heterocycles. The smallest absolute Gasteiger partial charge is 0.271 e. The Hall–Kier alpha value is -2.11. The number of carbonyl (C=O) groups excluding carboxylic acids is 1. The van der Waals surface area contributed by atoms with Crippen molar-refractivity contribution in [2.45, 2.75) is 19.9 Å². The van der Waals surface area contributed by atoms with E-state index >= 15 is 0 Å². The molecule has 0 saturated heterocycles. The van der Waals surface area contributed by atoms with Gasteiger partial charge in [0.05, 0.1) is 18.1 Å². The third-order valence-corrected chi connectivity index (χ3v) is 2.32.